The fourth-order valence-corrected chi connectivity index (χ4v) is 3.88. The van der Waals surface area contributed by atoms with E-state index in [9.17, 15) is 19.5 Å². The monoisotopic (exact) mass is 358 g/mol. The molecular formula is C20H26N2O4. The number of rotatable bonds is 5. The van der Waals surface area contributed by atoms with Crippen molar-refractivity contribution in [3.8, 4) is 0 Å². The zero-order chi connectivity index (χ0) is 18.5. The number of carbonyl (C=O) groups excluding carboxylic acids is 2. The second-order valence-electron chi connectivity index (χ2n) is 7.28. The van der Waals surface area contributed by atoms with Crippen molar-refractivity contribution in [1.29, 1.82) is 0 Å². The summed E-state index contributed by atoms with van der Waals surface area (Å²) >= 11 is 0. The summed E-state index contributed by atoms with van der Waals surface area (Å²) in [6.45, 7) is 1.36. The van der Waals surface area contributed by atoms with E-state index in [1.54, 1.807) is 12.1 Å². The number of likely N-dealkylation sites (tertiary alicyclic amines) is 1. The van der Waals surface area contributed by atoms with Crippen LogP contribution in [0.3, 0.4) is 0 Å². The van der Waals surface area contributed by atoms with E-state index >= 15 is 0 Å². The van der Waals surface area contributed by atoms with Crippen LogP contribution in [0.5, 0.6) is 0 Å². The number of aliphatic carboxylic acids is 1. The molecule has 0 radical (unpaired) electrons. The molecule has 2 atom stereocenters. The average molecular weight is 358 g/mol. The average Bonchev–Trinajstić information content (AvgIpc) is 2.88. The van der Waals surface area contributed by atoms with Gasteiger partial charge in [0.15, 0.2) is 0 Å². The molecule has 1 aromatic rings. The van der Waals surface area contributed by atoms with Crippen LogP contribution in [0, 0.1) is 5.92 Å². The van der Waals surface area contributed by atoms with E-state index in [4.69, 9.17) is 0 Å². The van der Waals surface area contributed by atoms with Gasteiger partial charge in [-0.2, -0.15) is 0 Å². The van der Waals surface area contributed by atoms with Gasteiger partial charge in [0.05, 0.1) is 5.92 Å². The van der Waals surface area contributed by atoms with Crippen LogP contribution in [0.4, 0.5) is 0 Å². The van der Waals surface area contributed by atoms with E-state index in [1.165, 1.54) is 0 Å². The first-order valence-corrected chi connectivity index (χ1v) is 9.45. The van der Waals surface area contributed by atoms with Crippen molar-refractivity contribution in [2.45, 2.75) is 57.5 Å². The van der Waals surface area contributed by atoms with Gasteiger partial charge in [0, 0.05) is 31.1 Å². The van der Waals surface area contributed by atoms with Crippen LogP contribution in [-0.2, 0) is 16.1 Å². The molecule has 0 aromatic heterocycles. The van der Waals surface area contributed by atoms with Gasteiger partial charge in [0.25, 0.3) is 5.91 Å². The van der Waals surface area contributed by atoms with Gasteiger partial charge in [-0.1, -0.05) is 31.4 Å². The minimum absolute atomic E-state index is 0.180. The molecule has 140 valence electrons. The first kappa shape index (κ1) is 18.4. The van der Waals surface area contributed by atoms with Gasteiger partial charge < -0.3 is 15.3 Å². The molecule has 1 aliphatic heterocycles. The summed E-state index contributed by atoms with van der Waals surface area (Å²) in [5.41, 5.74) is 1.52. The number of carbonyl (C=O) groups is 3. The molecule has 2 amide bonds. The van der Waals surface area contributed by atoms with Crippen LogP contribution >= 0.6 is 0 Å². The van der Waals surface area contributed by atoms with Crippen molar-refractivity contribution in [3.63, 3.8) is 0 Å². The Morgan fingerprint density at radius 2 is 1.81 bits per heavy atom. The predicted octanol–water partition coefficient (Wildman–Crippen LogP) is 2.57. The maximum Gasteiger partial charge on any atom is 0.308 e. The molecule has 1 saturated heterocycles. The Labute approximate surface area is 153 Å². The van der Waals surface area contributed by atoms with Crippen molar-refractivity contribution in [2.24, 2.45) is 5.92 Å². The Bertz CT molecular complexity index is 671. The third-order valence-electron chi connectivity index (χ3n) is 5.41. The molecule has 6 nitrogen and oxygen atoms in total. The standard InChI is InChI=1S/C20H26N2O4/c23-18-7-4-12-22(18)13-14-8-10-15(11-9-14)19(24)21-17-6-3-1-2-5-16(17)20(25)26/h8-11,16-17H,1-7,12-13H2,(H,21,24)(H,25,26)/t16-,17+/m1/s1. The van der Waals surface area contributed by atoms with Crippen LogP contribution in [0.2, 0.25) is 0 Å². The second kappa shape index (κ2) is 8.34. The molecule has 1 aromatic carbocycles. The topological polar surface area (TPSA) is 86.7 Å². The highest BCUT2D eigenvalue weighted by Crippen LogP contribution is 2.24. The van der Waals surface area contributed by atoms with Gasteiger partial charge in [-0.15, -0.1) is 0 Å². The number of carboxylic acids is 1. The molecule has 0 unspecified atom stereocenters. The SMILES string of the molecule is O=C(N[C@H]1CCCCC[C@H]1C(=O)O)c1ccc(CN2CCCC2=O)cc1. The number of nitrogens with one attached hydrogen (secondary N) is 1. The minimum atomic E-state index is -0.831. The maximum absolute atomic E-state index is 12.5. The Balaban J connectivity index is 1.61. The Morgan fingerprint density at radius 3 is 2.46 bits per heavy atom. The molecule has 26 heavy (non-hydrogen) atoms. The molecule has 0 bridgehead atoms. The smallest absolute Gasteiger partial charge is 0.308 e. The van der Waals surface area contributed by atoms with Gasteiger partial charge in [-0.3, -0.25) is 14.4 Å². The van der Waals surface area contributed by atoms with Gasteiger partial charge in [-0.05, 0) is 37.0 Å². The zero-order valence-corrected chi connectivity index (χ0v) is 14.9. The number of amides is 2. The fourth-order valence-electron chi connectivity index (χ4n) is 3.88. The van der Waals surface area contributed by atoms with E-state index < -0.39 is 11.9 Å². The Morgan fingerprint density at radius 1 is 1.08 bits per heavy atom. The van der Waals surface area contributed by atoms with E-state index in [0.717, 1.165) is 37.8 Å². The van der Waals surface area contributed by atoms with E-state index in [2.05, 4.69) is 5.32 Å². The predicted molar refractivity (Wildman–Crippen MR) is 96.6 cm³/mol. The lowest BCUT2D eigenvalue weighted by Crippen LogP contribution is -2.42. The molecule has 6 heteroatoms. The minimum Gasteiger partial charge on any atom is -0.481 e. The van der Waals surface area contributed by atoms with Gasteiger partial charge >= 0.3 is 5.97 Å². The van der Waals surface area contributed by atoms with Gasteiger partial charge in [-0.25, -0.2) is 0 Å². The second-order valence-corrected chi connectivity index (χ2v) is 7.28. The van der Waals surface area contributed by atoms with Crippen LogP contribution < -0.4 is 5.32 Å². The fraction of sp³-hybridized carbons (Fsp3) is 0.550. The Kier molecular flexibility index (Phi) is 5.91. The number of nitrogens with zero attached hydrogens (tertiary/aromatic N) is 1. The number of hydrogen-bond donors (Lipinski definition) is 2. The summed E-state index contributed by atoms with van der Waals surface area (Å²) < 4.78 is 0. The van der Waals surface area contributed by atoms with Gasteiger partial charge in [0.1, 0.15) is 0 Å². The lowest BCUT2D eigenvalue weighted by molar-refractivity contribution is -0.142. The summed E-state index contributed by atoms with van der Waals surface area (Å²) in [5.74, 6) is -1.39. The van der Waals surface area contributed by atoms with E-state index in [1.807, 2.05) is 17.0 Å². The molecule has 2 N–H and O–H groups in total. The molecule has 1 heterocycles. The van der Waals surface area contributed by atoms with Crippen LogP contribution in [0.1, 0.15) is 60.9 Å². The van der Waals surface area contributed by atoms with Crippen molar-refractivity contribution >= 4 is 17.8 Å². The first-order valence-electron chi connectivity index (χ1n) is 9.45. The van der Waals surface area contributed by atoms with Crippen LogP contribution in [0.25, 0.3) is 0 Å². The van der Waals surface area contributed by atoms with Gasteiger partial charge in [0.2, 0.25) is 5.91 Å². The number of carboxylic acid groups (broad SMARTS) is 1. The summed E-state index contributed by atoms with van der Waals surface area (Å²) in [7, 11) is 0. The summed E-state index contributed by atoms with van der Waals surface area (Å²) in [6.07, 6.45) is 5.70. The van der Waals surface area contributed by atoms with Crippen molar-refractivity contribution in [1.82, 2.24) is 10.2 Å². The molecule has 2 aliphatic rings. The van der Waals surface area contributed by atoms with Crippen molar-refractivity contribution < 1.29 is 19.5 Å². The molecule has 0 spiro atoms. The lowest BCUT2D eigenvalue weighted by atomic mass is 9.94. The van der Waals surface area contributed by atoms with E-state index in [-0.39, 0.29) is 17.9 Å². The molecule has 2 fully saturated rings. The highest BCUT2D eigenvalue weighted by molar-refractivity contribution is 5.94. The molecule has 1 saturated carbocycles. The van der Waals surface area contributed by atoms with Crippen molar-refractivity contribution in [3.05, 3.63) is 35.4 Å². The Hall–Kier alpha value is -2.37. The highest BCUT2D eigenvalue weighted by atomic mass is 16.4. The largest absolute Gasteiger partial charge is 0.481 e. The molecule has 3 rings (SSSR count). The third-order valence-corrected chi connectivity index (χ3v) is 5.41. The summed E-state index contributed by atoms with van der Waals surface area (Å²) in [5, 5.41) is 12.3. The quantitative estimate of drug-likeness (QED) is 0.792. The normalized spacial score (nSPS) is 23.5. The van der Waals surface area contributed by atoms with Crippen molar-refractivity contribution in [2.75, 3.05) is 6.54 Å². The first-order chi connectivity index (χ1) is 12.5. The lowest BCUT2D eigenvalue weighted by Gasteiger charge is -2.23. The van der Waals surface area contributed by atoms with E-state index in [0.29, 0.717) is 31.4 Å². The third kappa shape index (κ3) is 4.42. The summed E-state index contributed by atoms with van der Waals surface area (Å²) in [6, 6.07) is 6.91. The summed E-state index contributed by atoms with van der Waals surface area (Å²) in [4.78, 5) is 37.6. The highest BCUT2D eigenvalue weighted by Gasteiger charge is 2.30. The van der Waals surface area contributed by atoms with Crippen LogP contribution in [0.15, 0.2) is 24.3 Å². The molecule has 1 aliphatic carbocycles. The molecular weight excluding hydrogens is 332 g/mol. The van der Waals surface area contributed by atoms with Crippen LogP contribution in [-0.4, -0.2) is 40.4 Å². The zero-order valence-electron chi connectivity index (χ0n) is 14.9. The number of hydrogen-bond acceptors (Lipinski definition) is 3. The number of benzene rings is 1. The maximum atomic E-state index is 12.5.